The Morgan fingerprint density at radius 3 is 2.40 bits per heavy atom. The topological polar surface area (TPSA) is 100 Å². The van der Waals surface area contributed by atoms with Crippen molar-refractivity contribution >= 4 is 29.1 Å². The fraction of sp³-hybridized carbons (Fsp3) is 0.486. The molecule has 0 aliphatic carbocycles. The van der Waals surface area contributed by atoms with Gasteiger partial charge in [0.05, 0.1) is 17.2 Å². The first-order valence-electron chi connectivity index (χ1n) is 16.4. The summed E-state index contributed by atoms with van der Waals surface area (Å²) in [7, 11) is 0. The maximum atomic E-state index is 14.8. The minimum atomic E-state index is -4.87. The Balaban J connectivity index is 1.49. The van der Waals surface area contributed by atoms with Gasteiger partial charge in [-0.1, -0.05) is 37.6 Å². The van der Waals surface area contributed by atoms with Crippen molar-refractivity contribution in [3.63, 3.8) is 0 Å². The molecule has 4 heterocycles. The second kappa shape index (κ2) is 15.0. The smallest absolute Gasteiger partial charge is 0.425 e. The number of likely N-dealkylation sites (tertiary alicyclic amines) is 2. The summed E-state index contributed by atoms with van der Waals surface area (Å²) in [5, 5.41) is 10.3. The summed E-state index contributed by atoms with van der Waals surface area (Å²) in [5.74, 6) is -2.67. The van der Waals surface area contributed by atoms with Gasteiger partial charge in [0.1, 0.15) is 10.6 Å². The molecule has 2 atom stereocenters. The number of carbonyl (C=O) groups excluding carboxylic acids is 2. The zero-order valence-corrected chi connectivity index (χ0v) is 28.0. The molecule has 8 nitrogen and oxygen atoms in total. The van der Waals surface area contributed by atoms with Gasteiger partial charge in [-0.25, -0.2) is 0 Å². The molecule has 3 aromatic rings. The third kappa shape index (κ3) is 7.92. The van der Waals surface area contributed by atoms with Gasteiger partial charge >= 0.3 is 18.3 Å². The lowest BCUT2D eigenvalue weighted by molar-refractivity contribution is -0.160. The van der Waals surface area contributed by atoms with E-state index in [1.807, 2.05) is 24.3 Å². The van der Waals surface area contributed by atoms with Crippen LogP contribution in [0.25, 0.3) is 0 Å². The van der Waals surface area contributed by atoms with Crippen LogP contribution in [0.5, 0.6) is 5.75 Å². The largest absolute Gasteiger partial charge is 0.481 e. The molecule has 2 aliphatic heterocycles. The van der Waals surface area contributed by atoms with E-state index in [2.05, 4.69) is 4.98 Å². The van der Waals surface area contributed by atoms with Gasteiger partial charge in [-0.2, -0.15) is 26.3 Å². The number of aliphatic carboxylic acids is 1. The molecule has 1 aromatic carbocycles. The van der Waals surface area contributed by atoms with E-state index >= 15 is 0 Å². The second-order valence-electron chi connectivity index (χ2n) is 12.6. The van der Waals surface area contributed by atoms with E-state index in [0.717, 1.165) is 35.0 Å². The van der Waals surface area contributed by atoms with Crippen LogP contribution in [0.3, 0.4) is 0 Å². The van der Waals surface area contributed by atoms with Crippen molar-refractivity contribution in [1.29, 1.82) is 0 Å². The molecule has 270 valence electrons. The van der Waals surface area contributed by atoms with Gasteiger partial charge in [-0.05, 0) is 55.2 Å². The summed E-state index contributed by atoms with van der Waals surface area (Å²) in [6.07, 6.45) is -5.77. The van der Waals surface area contributed by atoms with Crippen LogP contribution in [-0.4, -0.2) is 69.0 Å². The van der Waals surface area contributed by atoms with E-state index < -0.39 is 57.8 Å². The Kier molecular flexibility index (Phi) is 11.1. The van der Waals surface area contributed by atoms with E-state index in [1.54, 1.807) is 11.8 Å². The molecule has 2 amide bonds. The standard InChI is InChI=1S/C35H37F6N3O5S/c1-2-6-28-33(49-24-19-29(50-21-24)35(39,40)41,14-5-16-44(28)31(47)26-20-42-15-11-27(26)34(36,37)38)32(48)43-17-12-23(13-18-43)25-8-4-3-7-22(25)9-10-30(45)46/h3-4,7-8,11,15,19-21,23,28H,2,5-6,9-10,12-14,16-18H2,1H3,(H,45,46)/t28-,33+/m1/s1. The molecule has 5 rings (SSSR count). The lowest BCUT2D eigenvalue weighted by atomic mass is 9.78. The lowest BCUT2D eigenvalue weighted by Crippen LogP contribution is -2.68. The van der Waals surface area contributed by atoms with Crippen LogP contribution in [0, 0.1) is 0 Å². The lowest BCUT2D eigenvalue weighted by Gasteiger charge is -2.50. The highest BCUT2D eigenvalue weighted by Crippen LogP contribution is 2.43. The molecule has 0 unspecified atom stereocenters. The summed E-state index contributed by atoms with van der Waals surface area (Å²) in [5.41, 5.74) is -1.88. The maximum absolute atomic E-state index is 14.8. The predicted octanol–water partition coefficient (Wildman–Crippen LogP) is 7.83. The van der Waals surface area contributed by atoms with Crippen LogP contribution < -0.4 is 4.74 Å². The van der Waals surface area contributed by atoms with Crippen molar-refractivity contribution in [3.8, 4) is 5.75 Å². The highest BCUT2D eigenvalue weighted by molar-refractivity contribution is 7.10. The third-order valence-electron chi connectivity index (χ3n) is 9.44. The predicted molar refractivity (Wildman–Crippen MR) is 172 cm³/mol. The summed E-state index contributed by atoms with van der Waals surface area (Å²) in [4.78, 5) is 45.5. The average molecular weight is 726 g/mol. The Morgan fingerprint density at radius 1 is 1.04 bits per heavy atom. The fourth-order valence-corrected chi connectivity index (χ4v) is 7.84. The van der Waals surface area contributed by atoms with Crippen molar-refractivity contribution in [2.75, 3.05) is 19.6 Å². The molecule has 0 bridgehead atoms. The number of ether oxygens (including phenoxy) is 1. The molecule has 2 aliphatic rings. The van der Waals surface area contributed by atoms with Crippen LogP contribution in [0.15, 0.2) is 54.2 Å². The second-order valence-corrected chi connectivity index (χ2v) is 13.5. The van der Waals surface area contributed by atoms with Crippen LogP contribution in [0.1, 0.15) is 89.7 Å². The molecular weight excluding hydrogens is 688 g/mol. The van der Waals surface area contributed by atoms with Crippen LogP contribution in [0.4, 0.5) is 26.3 Å². The number of carboxylic acids is 1. The number of hydrogen-bond acceptors (Lipinski definition) is 6. The number of aromatic nitrogens is 1. The minimum absolute atomic E-state index is 0.000715. The maximum Gasteiger partial charge on any atom is 0.425 e. The number of aryl methyl sites for hydroxylation is 1. The molecule has 2 saturated heterocycles. The summed E-state index contributed by atoms with van der Waals surface area (Å²) >= 11 is 0.394. The van der Waals surface area contributed by atoms with Gasteiger partial charge in [-0.3, -0.25) is 19.4 Å². The number of carbonyl (C=O) groups is 3. The summed E-state index contributed by atoms with van der Waals surface area (Å²) < 4.78 is 89.1. The highest BCUT2D eigenvalue weighted by atomic mass is 32.1. The van der Waals surface area contributed by atoms with Crippen LogP contribution in [-0.2, 0) is 28.4 Å². The van der Waals surface area contributed by atoms with Crippen molar-refractivity contribution in [2.45, 2.75) is 88.2 Å². The molecule has 0 radical (unpaired) electrons. The number of halogens is 6. The highest BCUT2D eigenvalue weighted by Gasteiger charge is 2.56. The molecular formula is C35H37F6N3O5S. The van der Waals surface area contributed by atoms with Gasteiger partial charge in [0, 0.05) is 56.3 Å². The first-order chi connectivity index (χ1) is 23.7. The van der Waals surface area contributed by atoms with Crippen molar-refractivity contribution in [2.24, 2.45) is 0 Å². The van der Waals surface area contributed by atoms with E-state index in [1.165, 1.54) is 4.90 Å². The Bertz CT molecular complexity index is 1690. The minimum Gasteiger partial charge on any atom is -0.481 e. The first-order valence-corrected chi connectivity index (χ1v) is 17.3. The number of nitrogens with zero attached hydrogens (tertiary/aromatic N) is 3. The van der Waals surface area contributed by atoms with Crippen LogP contribution in [0.2, 0.25) is 0 Å². The normalized spacial score (nSPS) is 20.5. The summed E-state index contributed by atoms with van der Waals surface area (Å²) in [6, 6.07) is 7.92. The van der Waals surface area contributed by atoms with Gasteiger partial charge < -0.3 is 19.6 Å². The number of hydrogen-bond donors (Lipinski definition) is 1. The van der Waals surface area contributed by atoms with Crippen molar-refractivity contribution in [1.82, 2.24) is 14.8 Å². The van der Waals surface area contributed by atoms with E-state index in [4.69, 9.17) is 4.74 Å². The monoisotopic (exact) mass is 725 g/mol. The van der Waals surface area contributed by atoms with E-state index in [9.17, 15) is 45.8 Å². The number of rotatable bonds is 10. The Hall–Kier alpha value is -4.14. The van der Waals surface area contributed by atoms with Crippen molar-refractivity contribution in [3.05, 3.63) is 81.3 Å². The van der Waals surface area contributed by atoms with Gasteiger partial charge in [0.25, 0.3) is 11.8 Å². The molecule has 2 aromatic heterocycles. The van der Waals surface area contributed by atoms with Gasteiger partial charge in [0.2, 0.25) is 5.60 Å². The Labute approximate surface area is 289 Å². The Morgan fingerprint density at radius 2 is 1.76 bits per heavy atom. The number of pyridine rings is 1. The number of alkyl halides is 6. The summed E-state index contributed by atoms with van der Waals surface area (Å²) in [6.45, 7) is 2.26. The molecule has 2 fully saturated rings. The molecule has 1 N–H and O–H groups in total. The quantitative estimate of drug-likeness (QED) is 0.214. The van der Waals surface area contributed by atoms with Gasteiger partial charge in [-0.15, -0.1) is 11.3 Å². The number of benzene rings is 1. The van der Waals surface area contributed by atoms with E-state index in [0.29, 0.717) is 43.1 Å². The van der Waals surface area contributed by atoms with E-state index in [-0.39, 0.29) is 57.0 Å². The SMILES string of the molecule is CCC[C@H]1N(C(=O)c2cnccc2C(F)(F)F)CCC[C@@]1(Oc1csc(C(F)(F)F)c1)C(=O)N1CCC(c2ccccc2CCC(=O)O)CC1. The molecule has 0 spiro atoms. The average Bonchev–Trinajstić information content (AvgIpc) is 3.56. The number of thiophene rings is 1. The number of carboxylic acid groups (broad SMARTS) is 1. The molecule has 50 heavy (non-hydrogen) atoms. The number of amides is 2. The van der Waals surface area contributed by atoms with Crippen molar-refractivity contribution < 1.29 is 50.6 Å². The number of piperidine rings is 2. The zero-order chi connectivity index (χ0) is 36.3. The fourth-order valence-electron chi connectivity index (χ4n) is 7.16. The molecule has 15 heteroatoms. The first kappa shape index (κ1) is 37.1. The zero-order valence-electron chi connectivity index (χ0n) is 27.2. The van der Waals surface area contributed by atoms with Gasteiger partial charge in [0.15, 0.2) is 0 Å². The third-order valence-corrected chi connectivity index (χ3v) is 10.4. The molecule has 0 saturated carbocycles. The van der Waals surface area contributed by atoms with Crippen LogP contribution >= 0.6 is 11.3 Å².